The number of esters is 1. The van der Waals surface area contributed by atoms with Gasteiger partial charge in [0.1, 0.15) is 30.5 Å². The highest BCUT2D eigenvalue weighted by Crippen LogP contribution is 2.23. The fourth-order valence-corrected chi connectivity index (χ4v) is 6.98. The minimum atomic E-state index is -1.54. The number of hydrogen-bond donors (Lipinski definition) is 4. The highest BCUT2D eigenvalue weighted by molar-refractivity contribution is 5.69. The molecule has 9 nitrogen and oxygen atoms in total. The van der Waals surface area contributed by atoms with Crippen molar-refractivity contribution in [2.45, 2.75) is 230 Å². The Hall–Kier alpha value is -1.59. The largest absolute Gasteiger partial charge is 0.457 e. The monoisotopic (exact) mass is 795 g/mol. The Kier molecular flexibility index (Phi) is 36.4. The van der Waals surface area contributed by atoms with Crippen LogP contribution in [0.4, 0.5) is 0 Å². The molecule has 1 aliphatic heterocycles. The maximum Gasteiger partial charge on any atom is 0.306 e. The third-order valence-corrected chi connectivity index (χ3v) is 10.6. The molecule has 0 saturated carbocycles. The molecule has 1 rings (SSSR count). The quantitative estimate of drug-likeness (QED) is 0.0272. The van der Waals surface area contributed by atoms with Gasteiger partial charge in [0.15, 0.2) is 6.29 Å². The van der Waals surface area contributed by atoms with Crippen LogP contribution in [0.1, 0.15) is 194 Å². The number of rotatable bonds is 39. The highest BCUT2D eigenvalue weighted by Gasteiger charge is 2.44. The van der Waals surface area contributed by atoms with Crippen LogP contribution in [0.5, 0.6) is 0 Å². The van der Waals surface area contributed by atoms with Crippen LogP contribution in [0.3, 0.4) is 0 Å². The summed E-state index contributed by atoms with van der Waals surface area (Å²) >= 11 is 0. The number of unbranched alkanes of at least 4 members (excludes halogenated alkanes) is 22. The smallest absolute Gasteiger partial charge is 0.306 e. The second kappa shape index (κ2) is 38.9. The predicted octanol–water partition coefficient (Wildman–Crippen LogP) is 10.4. The Balaban J connectivity index is 2.25. The molecule has 1 aliphatic rings. The first-order valence-electron chi connectivity index (χ1n) is 23.1. The van der Waals surface area contributed by atoms with E-state index in [4.69, 9.17) is 18.9 Å². The van der Waals surface area contributed by atoms with Gasteiger partial charge in [-0.15, -0.1) is 0 Å². The third kappa shape index (κ3) is 29.6. The van der Waals surface area contributed by atoms with Gasteiger partial charge in [-0.05, 0) is 44.9 Å². The van der Waals surface area contributed by atoms with Gasteiger partial charge in [-0.1, -0.05) is 179 Å². The van der Waals surface area contributed by atoms with Crippen LogP contribution in [0.15, 0.2) is 36.5 Å². The third-order valence-electron chi connectivity index (χ3n) is 10.6. The average molecular weight is 795 g/mol. The lowest BCUT2D eigenvalue weighted by molar-refractivity contribution is -0.305. The van der Waals surface area contributed by atoms with Crippen LogP contribution in [0.25, 0.3) is 0 Å². The number of carbonyl (C=O) groups excluding carboxylic acids is 1. The zero-order chi connectivity index (χ0) is 40.7. The Morgan fingerprint density at radius 1 is 0.589 bits per heavy atom. The van der Waals surface area contributed by atoms with Crippen molar-refractivity contribution in [2.24, 2.45) is 0 Å². The first-order valence-corrected chi connectivity index (χ1v) is 23.1. The van der Waals surface area contributed by atoms with Crippen molar-refractivity contribution in [1.82, 2.24) is 0 Å². The van der Waals surface area contributed by atoms with E-state index in [0.717, 1.165) is 70.6 Å². The normalized spacial score (nSPS) is 20.9. The van der Waals surface area contributed by atoms with Gasteiger partial charge in [0, 0.05) is 13.0 Å². The van der Waals surface area contributed by atoms with Gasteiger partial charge in [-0.3, -0.25) is 4.79 Å². The Morgan fingerprint density at radius 2 is 1.09 bits per heavy atom. The summed E-state index contributed by atoms with van der Waals surface area (Å²) in [5.74, 6) is -0.328. The average Bonchev–Trinajstić information content (AvgIpc) is 3.20. The predicted molar refractivity (Wildman–Crippen MR) is 228 cm³/mol. The van der Waals surface area contributed by atoms with E-state index in [2.05, 4.69) is 50.3 Å². The lowest BCUT2D eigenvalue weighted by Gasteiger charge is -2.39. The zero-order valence-corrected chi connectivity index (χ0v) is 35.9. The van der Waals surface area contributed by atoms with Gasteiger partial charge in [-0.25, -0.2) is 0 Å². The Bertz CT molecular complexity index is 952. The molecule has 0 aromatic rings. The van der Waals surface area contributed by atoms with E-state index in [1.807, 2.05) is 0 Å². The Labute approximate surface area is 342 Å². The molecule has 1 fully saturated rings. The molecule has 6 atom stereocenters. The van der Waals surface area contributed by atoms with Crippen molar-refractivity contribution in [1.29, 1.82) is 0 Å². The second-order valence-corrected chi connectivity index (χ2v) is 15.8. The van der Waals surface area contributed by atoms with E-state index in [1.165, 1.54) is 103 Å². The van der Waals surface area contributed by atoms with E-state index in [9.17, 15) is 25.2 Å². The summed E-state index contributed by atoms with van der Waals surface area (Å²) in [5, 5.41) is 40.1. The number of aliphatic hydroxyl groups excluding tert-OH is 4. The summed E-state index contributed by atoms with van der Waals surface area (Å²) in [6.07, 6.45) is 38.8. The molecule has 0 radical (unpaired) electrons. The number of allylic oxidation sites excluding steroid dienone is 6. The molecule has 6 unspecified atom stereocenters. The number of hydrogen-bond acceptors (Lipinski definition) is 9. The first kappa shape index (κ1) is 52.4. The molecule has 4 N–H and O–H groups in total. The minimum absolute atomic E-state index is 0.118. The molecule has 0 aromatic carbocycles. The van der Waals surface area contributed by atoms with Crippen molar-refractivity contribution < 1.29 is 44.2 Å². The van der Waals surface area contributed by atoms with Gasteiger partial charge < -0.3 is 39.4 Å². The van der Waals surface area contributed by atoms with E-state index in [0.29, 0.717) is 13.0 Å². The van der Waals surface area contributed by atoms with E-state index < -0.39 is 43.4 Å². The molecular formula is C47H86O9. The number of ether oxygens (including phenoxy) is 4. The SMILES string of the molecule is CC/C=C\C/C=C\C/C=C\CCCCCCCC(=O)OC(COCCCCCCCCCCCCCCCCCCCC)COC1OC(CO)C(O)C(O)C1O. The molecular weight excluding hydrogens is 709 g/mol. The zero-order valence-electron chi connectivity index (χ0n) is 35.9. The summed E-state index contributed by atoms with van der Waals surface area (Å²) in [6, 6.07) is 0. The lowest BCUT2D eigenvalue weighted by Crippen LogP contribution is -2.59. The van der Waals surface area contributed by atoms with Crippen molar-refractivity contribution in [3.05, 3.63) is 36.5 Å². The van der Waals surface area contributed by atoms with Crippen molar-refractivity contribution in [3.8, 4) is 0 Å². The second-order valence-electron chi connectivity index (χ2n) is 15.8. The topological polar surface area (TPSA) is 135 Å². The summed E-state index contributed by atoms with van der Waals surface area (Å²) in [6.45, 7) is 4.45. The van der Waals surface area contributed by atoms with Crippen molar-refractivity contribution in [2.75, 3.05) is 26.4 Å². The van der Waals surface area contributed by atoms with E-state index in [1.54, 1.807) is 0 Å². The maximum absolute atomic E-state index is 12.8. The van der Waals surface area contributed by atoms with Crippen LogP contribution in [-0.4, -0.2) is 89.6 Å². The van der Waals surface area contributed by atoms with Crippen LogP contribution in [0.2, 0.25) is 0 Å². The van der Waals surface area contributed by atoms with Crippen LogP contribution >= 0.6 is 0 Å². The molecule has 1 saturated heterocycles. The first-order chi connectivity index (χ1) is 27.4. The molecule has 0 aromatic heterocycles. The van der Waals surface area contributed by atoms with Gasteiger partial charge in [0.05, 0.1) is 19.8 Å². The fraction of sp³-hybridized carbons (Fsp3) is 0.851. The summed E-state index contributed by atoms with van der Waals surface area (Å²) in [7, 11) is 0. The Morgan fingerprint density at radius 3 is 1.64 bits per heavy atom. The number of carbonyl (C=O) groups is 1. The molecule has 0 bridgehead atoms. The van der Waals surface area contributed by atoms with Crippen molar-refractivity contribution >= 4 is 5.97 Å². The molecule has 1 heterocycles. The molecule has 0 spiro atoms. The summed E-state index contributed by atoms with van der Waals surface area (Å²) < 4.78 is 22.8. The standard InChI is InChI=1S/C47H86O9/c1-3-5-7-9-11-13-15-17-19-20-21-23-25-27-29-31-33-35-37-53-39-41(40-54-47-46(52)45(51)44(50)42(38-48)56-47)55-43(49)36-34-32-30-28-26-24-22-18-16-14-12-10-8-6-4-2/h6,8,12,14,18,22,41-42,44-48,50-52H,3-5,7,9-11,13,15-17,19-21,23-40H2,1-2H3/b8-6-,14-12-,22-18-. The minimum Gasteiger partial charge on any atom is -0.457 e. The van der Waals surface area contributed by atoms with Gasteiger partial charge in [0.25, 0.3) is 0 Å². The van der Waals surface area contributed by atoms with Crippen LogP contribution in [-0.2, 0) is 23.7 Å². The molecule has 0 aliphatic carbocycles. The van der Waals surface area contributed by atoms with E-state index in [-0.39, 0.29) is 19.2 Å². The molecule has 0 amide bonds. The van der Waals surface area contributed by atoms with Crippen LogP contribution in [0, 0.1) is 0 Å². The lowest BCUT2D eigenvalue weighted by atomic mass is 9.99. The molecule has 56 heavy (non-hydrogen) atoms. The van der Waals surface area contributed by atoms with Crippen molar-refractivity contribution in [3.63, 3.8) is 0 Å². The highest BCUT2D eigenvalue weighted by atomic mass is 16.7. The number of aliphatic hydroxyl groups is 4. The van der Waals surface area contributed by atoms with Gasteiger partial charge >= 0.3 is 5.97 Å². The molecule has 9 heteroatoms. The van der Waals surface area contributed by atoms with Crippen LogP contribution < -0.4 is 0 Å². The molecule has 328 valence electrons. The summed E-state index contributed by atoms with van der Waals surface area (Å²) in [5.41, 5.74) is 0. The maximum atomic E-state index is 12.8. The van der Waals surface area contributed by atoms with Gasteiger partial charge in [-0.2, -0.15) is 0 Å². The summed E-state index contributed by atoms with van der Waals surface area (Å²) in [4.78, 5) is 12.8. The fourth-order valence-electron chi connectivity index (χ4n) is 6.98. The van der Waals surface area contributed by atoms with E-state index >= 15 is 0 Å². The van der Waals surface area contributed by atoms with Gasteiger partial charge in [0.2, 0.25) is 0 Å².